The third-order valence-electron chi connectivity index (χ3n) is 4.19. The molecule has 0 spiro atoms. The van der Waals surface area contributed by atoms with Gasteiger partial charge in [0.15, 0.2) is 0 Å². The summed E-state index contributed by atoms with van der Waals surface area (Å²) in [6, 6.07) is 11.4. The minimum absolute atomic E-state index is 0.0392. The maximum Gasteiger partial charge on any atom is 0.254 e. The van der Waals surface area contributed by atoms with Gasteiger partial charge in [-0.3, -0.25) is 9.59 Å². The monoisotopic (exact) mass is 344 g/mol. The summed E-state index contributed by atoms with van der Waals surface area (Å²) in [5.41, 5.74) is 1.29. The molecule has 1 aliphatic rings. The van der Waals surface area contributed by atoms with Crippen LogP contribution >= 0.6 is 11.3 Å². The van der Waals surface area contributed by atoms with Gasteiger partial charge in [0.25, 0.3) is 5.91 Å². The van der Waals surface area contributed by atoms with Gasteiger partial charge in [0.2, 0.25) is 5.91 Å². The Bertz CT molecular complexity index is 707. The van der Waals surface area contributed by atoms with E-state index in [1.54, 1.807) is 35.6 Å². The molecule has 0 atom stereocenters. The predicted octanol–water partition coefficient (Wildman–Crippen LogP) is 1.25. The molecule has 0 unspecified atom stereocenters. The van der Waals surface area contributed by atoms with E-state index in [9.17, 15) is 9.59 Å². The highest BCUT2D eigenvalue weighted by Crippen LogP contribution is 2.13. The van der Waals surface area contributed by atoms with Crippen LogP contribution in [0.4, 0.5) is 5.69 Å². The molecule has 5 nitrogen and oxygen atoms in total. The summed E-state index contributed by atoms with van der Waals surface area (Å²) in [7, 11) is 0. The fraction of sp³-hybridized carbons (Fsp3) is 0.333. The Morgan fingerprint density at radius 2 is 2.00 bits per heavy atom. The first kappa shape index (κ1) is 16.7. The van der Waals surface area contributed by atoms with Gasteiger partial charge in [0.05, 0.1) is 31.1 Å². The largest absolute Gasteiger partial charge is 0.328 e. The lowest BCUT2D eigenvalue weighted by molar-refractivity contribution is -0.917. The Morgan fingerprint density at radius 3 is 2.67 bits per heavy atom. The number of benzene rings is 1. The van der Waals surface area contributed by atoms with E-state index >= 15 is 0 Å². The number of rotatable bonds is 4. The van der Waals surface area contributed by atoms with E-state index in [1.165, 1.54) is 16.7 Å². The molecule has 0 aliphatic carbocycles. The van der Waals surface area contributed by atoms with Crippen molar-refractivity contribution < 1.29 is 14.5 Å². The van der Waals surface area contributed by atoms with Crippen LogP contribution in [0.3, 0.4) is 0 Å². The van der Waals surface area contributed by atoms with Crippen molar-refractivity contribution in [2.75, 3.05) is 31.5 Å². The number of hydrogen-bond donors (Lipinski definition) is 2. The SMILES string of the molecule is CC(=O)Nc1cccc(C(=O)N2CC[NH+](Cc3cccs3)CC2)c1. The topological polar surface area (TPSA) is 53.9 Å². The van der Waals surface area contributed by atoms with Gasteiger partial charge in [0, 0.05) is 18.2 Å². The Balaban J connectivity index is 1.57. The zero-order chi connectivity index (χ0) is 16.9. The van der Waals surface area contributed by atoms with E-state index in [-0.39, 0.29) is 11.8 Å². The molecular formula is C18H22N3O2S+. The number of quaternary nitrogens is 1. The summed E-state index contributed by atoms with van der Waals surface area (Å²) in [6.45, 7) is 5.97. The van der Waals surface area contributed by atoms with Crippen molar-refractivity contribution in [2.24, 2.45) is 0 Å². The number of amides is 2. The van der Waals surface area contributed by atoms with Crippen LogP contribution in [-0.4, -0.2) is 42.9 Å². The van der Waals surface area contributed by atoms with Gasteiger partial charge in [-0.05, 0) is 29.6 Å². The molecular weight excluding hydrogens is 322 g/mol. The Morgan fingerprint density at radius 1 is 1.21 bits per heavy atom. The Labute approximate surface area is 145 Å². The van der Waals surface area contributed by atoms with E-state index in [1.807, 2.05) is 4.90 Å². The molecule has 2 aromatic rings. The lowest BCUT2D eigenvalue weighted by Gasteiger charge is -2.32. The van der Waals surface area contributed by atoms with Crippen LogP contribution in [0, 0.1) is 0 Å². The van der Waals surface area contributed by atoms with E-state index in [4.69, 9.17) is 0 Å². The smallest absolute Gasteiger partial charge is 0.254 e. The summed E-state index contributed by atoms with van der Waals surface area (Å²) < 4.78 is 0. The molecule has 2 heterocycles. The van der Waals surface area contributed by atoms with Crippen molar-refractivity contribution in [2.45, 2.75) is 13.5 Å². The molecule has 1 aromatic heterocycles. The van der Waals surface area contributed by atoms with Crippen LogP contribution in [0.15, 0.2) is 41.8 Å². The van der Waals surface area contributed by atoms with Crippen molar-refractivity contribution in [3.05, 3.63) is 52.2 Å². The molecule has 0 radical (unpaired) electrons. The average molecular weight is 344 g/mol. The maximum absolute atomic E-state index is 12.7. The lowest BCUT2D eigenvalue weighted by atomic mass is 10.1. The first-order valence-electron chi connectivity index (χ1n) is 8.15. The minimum atomic E-state index is -0.134. The predicted molar refractivity (Wildman–Crippen MR) is 95.4 cm³/mol. The number of thiophene rings is 1. The van der Waals surface area contributed by atoms with E-state index < -0.39 is 0 Å². The van der Waals surface area contributed by atoms with Gasteiger partial charge in [-0.1, -0.05) is 12.1 Å². The summed E-state index contributed by atoms with van der Waals surface area (Å²) in [6.07, 6.45) is 0. The molecule has 24 heavy (non-hydrogen) atoms. The molecule has 126 valence electrons. The molecule has 1 saturated heterocycles. The average Bonchev–Trinajstić information content (AvgIpc) is 3.07. The first-order valence-corrected chi connectivity index (χ1v) is 9.02. The second-order valence-electron chi connectivity index (χ2n) is 6.06. The standard InChI is InChI=1S/C18H21N3O2S/c1-14(22)19-16-5-2-4-15(12-16)18(23)21-9-7-20(8-10-21)13-17-6-3-11-24-17/h2-6,11-12H,7-10,13H2,1H3,(H,19,22)/p+1. The molecule has 1 aliphatic heterocycles. The summed E-state index contributed by atoms with van der Waals surface area (Å²) in [5, 5.41) is 4.83. The molecule has 0 saturated carbocycles. The van der Waals surface area contributed by atoms with Crippen LogP contribution in [-0.2, 0) is 11.3 Å². The van der Waals surface area contributed by atoms with Crippen LogP contribution in [0.5, 0.6) is 0 Å². The minimum Gasteiger partial charge on any atom is -0.328 e. The highest BCUT2D eigenvalue weighted by Gasteiger charge is 2.24. The summed E-state index contributed by atoms with van der Waals surface area (Å²) >= 11 is 1.79. The normalized spacial score (nSPS) is 15.3. The molecule has 6 heteroatoms. The summed E-state index contributed by atoms with van der Waals surface area (Å²) in [5.74, 6) is -0.0947. The van der Waals surface area contributed by atoms with E-state index in [0.29, 0.717) is 11.3 Å². The van der Waals surface area contributed by atoms with Crippen molar-refractivity contribution >= 4 is 28.8 Å². The third kappa shape index (κ3) is 4.21. The van der Waals surface area contributed by atoms with Crippen molar-refractivity contribution in [3.63, 3.8) is 0 Å². The zero-order valence-corrected chi connectivity index (χ0v) is 14.6. The Hall–Kier alpha value is -2.18. The number of nitrogens with one attached hydrogen (secondary N) is 2. The quantitative estimate of drug-likeness (QED) is 0.877. The number of anilines is 1. The molecule has 2 N–H and O–H groups in total. The number of piperazine rings is 1. The number of nitrogens with zero attached hydrogens (tertiary/aromatic N) is 1. The highest BCUT2D eigenvalue weighted by atomic mass is 32.1. The van der Waals surface area contributed by atoms with E-state index in [2.05, 4.69) is 22.8 Å². The van der Waals surface area contributed by atoms with Gasteiger partial charge in [0.1, 0.15) is 6.54 Å². The van der Waals surface area contributed by atoms with Crippen LogP contribution in [0.25, 0.3) is 0 Å². The first-order chi connectivity index (χ1) is 11.6. The zero-order valence-electron chi connectivity index (χ0n) is 13.7. The number of carbonyl (C=O) groups excluding carboxylic acids is 2. The van der Waals surface area contributed by atoms with Gasteiger partial charge < -0.3 is 15.1 Å². The van der Waals surface area contributed by atoms with Gasteiger partial charge >= 0.3 is 0 Å². The second kappa shape index (κ2) is 7.59. The van der Waals surface area contributed by atoms with Gasteiger partial charge in [-0.25, -0.2) is 0 Å². The Kier molecular flexibility index (Phi) is 5.27. The lowest BCUT2D eigenvalue weighted by Crippen LogP contribution is -3.13. The van der Waals surface area contributed by atoms with Crippen molar-refractivity contribution in [1.82, 2.24) is 4.90 Å². The second-order valence-corrected chi connectivity index (χ2v) is 7.09. The maximum atomic E-state index is 12.7. The van der Waals surface area contributed by atoms with Gasteiger partial charge in [-0.15, -0.1) is 11.3 Å². The van der Waals surface area contributed by atoms with Crippen LogP contribution in [0.2, 0.25) is 0 Å². The van der Waals surface area contributed by atoms with Crippen molar-refractivity contribution in [3.8, 4) is 0 Å². The molecule has 1 fully saturated rings. The summed E-state index contributed by atoms with van der Waals surface area (Å²) in [4.78, 5) is 28.6. The molecule has 2 amide bonds. The van der Waals surface area contributed by atoms with Crippen molar-refractivity contribution in [1.29, 1.82) is 0 Å². The van der Waals surface area contributed by atoms with Crippen LogP contribution in [0.1, 0.15) is 22.2 Å². The number of hydrogen-bond acceptors (Lipinski definition) is 3. The highest BCUT2D eigenvalue weighted by molar-refractivity contribution is 7.09. The van der Waals surface area contributed by atoms with E-state index in [0.717, 1.165) is 32.7 Å². The molecule has 1 aromatic carbocycles. The number of carbonyl (C=O) groups is 2. The molecule has 0 bridgehead atoms. The van der Waals surface area contributed by atoms with Crippen LogP contribution < -0.4 is 10.2 Å². The fourth-order valence-corrected chi connectivity index (χ4v) is 3.75. The van der Waals surface area contributed by atoms with Gasteiger partial charge in [-0.2, -0.15) is 0 Å². The fourth-order valence-electron chi connectivity index (χ4n) is 2.98. The molecule has 3 rings (SSSR count). The third-order valence-corrected chi connectivity index (χ3v) is 5.07.